The standard InChI is InChI=1S/C38H45Cl2N5O7S/c1-6-8-9-10-11-12-14-23-20-38(23,35(48)50-7-2)44-33(47)29-17-24(22-45(29)31(46)21-41-36(49)52-37(3,4)5)51-34-32(30-15-13-16-53-30)42-27-18-25(39)26(40)19-28(27)43-34/h6,12-16,18-19,23-24,29H,1,7-11,17,20-22H2,2-5H3,(H,41,49)(H,44,47)/b14-12-/t23?,24-,29+,38-/m1/s1. The van der Waals surface area contributed by atoms with Crippen molar-refractivity contribution in [1.29, 1.82) is 0 Å². The summed E-state index contributed by atoms with van der Waals surface area (Å²) in [5.74, 6) is -1.69. The number of fused-ring (bicyclic) bond motifs is 1. The SMILES string of the molecule is C=CCCCC/C=C\C1C[C@]1(NC(=O)[C@@H]1C[C@@H](Oc2nc3cc(Cl)c(Cl)cc3nc2-c2cccs2)CN1C(=O)CNC(=O)OC(C)(C)C)C(=O)OCC. The van der Waals surface area contributed by atoms with Gasteiger partial charge in [0.1, 0.15) is 35.5 Å². The van der Waals surface area contributed by atoms with Crippen molar-refractivity contribution in [3.63, 3.8) is 0 Å². The lowest BCUT2D eigenvalue weighted by Gasteiger charge is -2.26. The van der Waals surface area contributed by atoms with Crippen LogP contribution >= 0.6 is 34.5 Å². The van der Waals surface area contributed by atoms with Gasteiger partial charge in [0.25, 0.3) is 0 Å². The van der Waals surface area contributed by atoms with Gasteiger partial charge in [-0.2, -0.15) is 0 Å². The second-order valence-electron chi connectivity index (χ2n) is 14.0. The predicted octanol–water partition coefficient (Wildman–Crippen LogP) is 7.28. The second-order valence-corrected chi connectivity index (χ2v) is 15.8. The van der Waals surface area contributed by atoms with E-state index in [1.54, 1.807) is 39.8 Å². The number of benzene rings is 1. The number of amides is 3. The fourth-order valence-corrected chi connectivity index (χ4v) is 7.17. The van der Waals surface area contributed by atoms with Crippen LogP contribution in [-0.2, 0) is 23.9 Å². The molecule has 53 heavy (non-hydrogen) atoms. The normalized spacial score (nSPS) is 21.0. The van der Waals surface area contributed by atoms with Crippen molar-refractivity contribution in [2.45, 2.75) is 89.5 Å². The monoisotopic (exact) mass is 785 g/mol. The number of allylic oxidation sites excluding steroid dienone is 2. The van der Waals surface area contributed by atoms with Gasteiger partial charge in [0.2, 0.25) is 17.7 Å². The van der Waals surface area contributed by atoms with Crippen molar-refractivity contribution in [1.82, 2.24) is 25.5 Å². The van der Waals surface area contributed by atoms with E-state index in [0.717, 1.165) is 30.6 Å². The fourth-order valence-electron chi connectivity index (χ4n) is 6.14. The van der Waals surface area contributed by atoms with Crippen LogP contribution in [-0.4, -0.2) is 81.7 Å². The Kier molecular flexibility index (Phi) is 13.1. The fraction of sp³-hybridized carbons (Fsp3) is 0.474. The Bertz CT molecular complexity index is 1870. The molecule has 15 heteroatoms. The van der Waals surface area contributed by atoms with Crippen molar-refractivity contribution in [3.8, 4) is 16.5 Å². The van der Waals surface area contributed by atoms with Gasteiger partial charge in [-0.15, -0.1) is 17.9 Å². The number of ether oxygens (including phenoxy) is 3. The van der Waals surface area contributed by atoms with E-state index in [1.165, 1.54) is 16.2 Å². The summed E-state index contributed by atoms with van der Waals surface area (Å²) in [6, 6.07) is 5.93. The first kappa shape index (κ1) is 40.0. The van der Waals surface area contributed by atoms with Crippen molar-refractivity contribution >= 4 is 69.4 Å². The van der Waals surface area contributed by atoms with Gasteiger partial charge in [0.05, 0.1) is 39.1 Å². The third-order valence-corrected chi connectivity index (χ3v) is 10.4. The number of hydrogen-bond donors (Lipinski definition) is 2. The number of carbonyl (C=O) groups excluding carboxylic acids is 4. The summed E-state index contributed by atoms with van der Waals surface area (Å²) in [6.45, 7) is 10.3. The number of rotatable bonds is 15. The topological polar surface area (TPSA) is 149 Å². The Hall–Kier alpha value is -4.20. The average Bonchev–Trinajstić information content (AvgIpc) is 3.40. The molecule has 1 aromatic carbocycles. The lowest BCUT2D eigenvalue weighted by Crippen LogP contribution is -2.54. The number of unbranched alkanes of at least 4 members (excludes halogenated alkanes) is 3. The van der Waals surface area contributed by atoms with Crippen molar-refractivity contribution < 1.29 is 33.4 Å². The van der Waals surface area contributed by atoms with Crippen LogP contribution in [0.2, 0.25) is 10.0 Å². The highest BCUT2D eigenvalue weighted by molar-refractivity contribution is 7.13. The number of likely N-dealkylation sites (tertiary alicyclic amines) is 1. The van der Waals surface area contributed by atoms with Crippen LogP contribution < -0.4 is 15.4 Å². The van der Waals surface area contributed by atoms with Gasteiger partial charge >= 0.3 is 12.1 Å². The molecule has 2 aromatic heterocycles. The minimum atomic E-state index is -1.26. The number of thiophene rings is 1. The number of nitrogens with zero attached hydrogens (tertiary/aromatic N) is 3. The maximum Gasteiger partial charge on any atom is 0.408 e. The van der Waals surface area contributed by atoms with E-state index in [0.29, 0.717) is 33.2 Å². The first-order valence-electron chi connectivity index (χ1n) is 17.6. The van der Waals surface area contributed by atoms with E-state index in [2.05, 4.69) is 17.2 Å². The van der Waals surface area contributed by atoms with Crippen LogP contribution in [0.4, 0.5) is 4.79 Å². The number of alkyl carbamates (subject to hydrolysis) is 1. The van der Waals surface area contributed by atoms with Gasteiger partial charge in [0, 0.05) is 12.3 Å². The zero-order valence-electron chi connectivity index (χ0n) is 30.3. The molecule has 0 spiro atoms. The minimum Gasteiger partial charge on any atom is -0.471 e. The number of nitrogens with one attached hydrogen (secondary N) is 2. The Balaban J connectivity index is 1.40. The van der Waals surface area contributed by atoms with Crippen LogP contribution in [0.1, 0.15) is 66.2 Å². The third kappa shape index (κ3) is 10.1. The maximum atomic E-state index is 14.2. The first-order valence-corrected chi connectivity index (χ1v) is 19.3. The summed E-state index contributed by atoms with van der Waals surface area (Å²) in [5, 5.41) is 7.96. The van der Waals surface area contributed by atoms with Crippen LogP contribution in [0.25, 0.3) is 21.6 Å². The highest BCUT2D eigenvalue weighted by Crippen LogP contribution is 2.46. The van der Waals surface area contributed by atoms with Gasteiger partial charge in [-0.05, 0) is 83.4 Å². The highest BCUT2D eigenvalue weighted by atomic mass is 35.5. The summed E-state index contributed by atoms with van der Waals surface area (Å²) in [5.41, 5.74) is -0.619. The third-order valence-electron chi connectivity index (χ3n) is 8.77. The van der Waals surface area contributed by atoms with E-state index in [-0.39, 0.29) is 31.4 Å². The molecule has 5 rings (SSSR count). The first-order chi connectivity index (χ1) is 25.2. The summed E-state index contributed by atoms with van der Waals surface area (Å²) in [7, 11) is 0. The summed E-state index contributed by atoms with van der Waals surface area (Å²) in [4.78, 5) is 65.3. The van der Waals surface area contributed by atoms with E-state index in [4.69, 9.17) is 47.4 Å². The summed E-state index contributed by atoms with van der Waals surface area (Å²) >= 11 is 14.0. The number of hydrogen-bond acceptors (Lipinski definition) is 10. The molecule has 2 N–H and O–H groups in total. The molecule has 3 heterocycles. The van der Waals surface area contributed by atoms with Crippen LogP contribution in [0.5, 0.6) is 5.88 Å². The molecule has 4 atom stereocenters. The Morgan fingerprint density at radius 2 is 1.83 bits per heavy atom. The number of esters is 1. The van der Waals surface area contributed by atoms with Gasteiger partial charge < -0.3 is 29.7 Å². The number of halogens is 2. The Morgan fingerprint density at radius 3 is 2.49 bits per heavy atom. The molecule has 284 valence electrons. The molecule has 1 saturated carbocycles. The number of aromatic nitrogens is 2. The molecule has 2 aliphatic rings. The van der Waals surface area contributed by atoms with E-state index >= 15 is 0 Å². The molecular weight excluding hydrogens is 741 g/mol. The van der Waals surface area contributed by atoms with Crippen LogP contribution in [0.15, 0.2) is 54.5 Å². The highest BCUT2D eigenvalue weighted by Gasteiger charge is 2.62. The van der Waals surface area contributed by atoms with Crippen molar-refractivity contribution in [2.24, 2.45) is 5.92 Å². The lowest BCUT2D eigenvalue weighted by atomic mass is 10.1. The summed E-state index contributed by atoms with van der Waals surface area (Å²) in [6.07, 6.45) is 8.55. The van der Waals surface area contributed by atoms with E-state index in [9.17, 15) is 19.2 Å². The van der Waals surface area contributed by atoms with E-state index in [1.807, 2.05) is 35.7 Å². The average molecular weight is 787 g/mol. The molecule has 2 fully saturated rings. The molecule has 0 radical (unpaired) electrons. The van der Waals surface area contributed by atoms with E-state index < -0.39 is 53.7 Å². The van der Waals surface area contributed by atoms with Crippen molar-refractivity contribution in [2.75, 3.05) is 19.7 Å². The zero-order chi connectivity index (χ0) is 38.3. The van der Waals surface area contributed by atoms with Gasteiger partial charge in [0.15, 0.2) is 0 Å². The molecular formula is C38H45Cl2N5O7S. The molecule has 0 bridgehead atoms. The molecule has 3 amide bonds. The smallest absolute Gasteiger partial charge is 0.408 e. The largest absolute Gasteiger partial charge is 0.471 e. The molecule has 1 unspecified atom stereocenters. The van der Waals surface area contributed by atoms with Gasteiger partial charge in [-0.3, -0.25) is 9.59 Å². The summed E-state index contributed by atoms with van der Waals surface area (Å²) < 4.78 is 17.2. The minimum absolute atomic E-state index is 0.0155. The molecule has 1 aliphatic carbocycles. The Morgan fingerprint density at radius 1 is 1.11 bits per heavy atom. The van der Waals surface area contributed by atoms with Gasteiger partial charge in [-0.25, -0.2) is 19.6 Å². The lowest BCUT2D eigenvalue weighted by molar-refractivity contribution is -0.150. The Labute approximate surface area is 323 Å². The zero-order valence-corrected chi connectivity index (χ0v) is 32.6. The van der Waals surface area contributed by atoms with Crippen LogP contribution in [0, 0.1) is 5.92 Å². The van der Waals surface area contributed by atoms with Crippen molar-refractivity contribution in [3.05, 3.63) is 64.5 Å². The predicted molar refractivity (Wildman–Crippen MR) is 205 cm³/mol. The maximum absolute atomic E-state index is 14.2. The van der Waals surface area contributed by atoms with Gasteiger partial charge in [-0.1, -0.05) is 47.5 Å². The second kappa shape index (κ2) is 17.3. The molecule has 3 aromatic rings. The molecule has 1 aliphatic heterocycles. The molecule has 1 saturated heterocycles. The number of carbonyl (C=O) groups is 4. The van der Waals surface area contributed by atoms with Crippen LogP contribution in [0.3, 0.4) is 0 Å². The molecule has 12 nitrogen and oxygen atoms in total. The quantitative estimate of drug-likeness (QED) is 0.0921.